The van der Waals surface area contributed by atoms with Crippen LogP contribution in [0.3, 0.4) is 0 Å². The summed E-state index contributed by atoms with van der Waals surface area (Å²) in [6, 6.07) is 1.64. The average molecular weight is 222 g/mol. The second kappa shape index (κ2) is 5.49. The van der Waals surface area contributed by atoms with Crippen LogP contribution in [0.25, 0.3) is 0 Å². The zero-order chi connectivity index (χ0) is 12.1. The Bertz CT molecular complexity index is 366. The lowest BCUT2D eigenvalue weighted by molar-refractivity contribution is 0.0699. The van der Waals surface area contributed by atoms with E-state index in [2.05, 4.69) is 4.98 Å². The molecule has 1 heterocycles. The number of amides is 1. The molecule has 1 aromatic rings. The summed E-state index contributed by atoms with van der Waals surface area (Å²) in [6.07, 6.45) is 3.70. The first kappa shape index (κ1) is 12.5. The highest BCUT2D eigenvalue weighted by Crippen LogP contribution is 2.13. The Labute approximate surface area is 95.9 Å². The second-order valence-corrected chi connectivity index (χ2v) is 3.78. The van der Waals surface area contributed by atoms with E-state index >= 15 is 0 Å². The fourth-order valence-corrected chi connectivity index (χ4v) is 1.59. The normalized spacial score (nSPS) is 12.2. The van der Waals surface area contributed by atoms with Crippen molar-refractivity contribution in [1.82, 2.24) is 9.88 Å². The second-order valence-electron chi connectivity index (χ2n) is 3.78. The maximum Gasteiger partial charge on any atom is 0.255 e. The molecule has 0 spiro atoms. The number of carbonyl (C=O) groups is 1. The van der Waals surface area contributed by atoms with E-state index in [1.165, 1.54) is 18.5 Å². The molecule has 0 aliphatic rings. The van der Waals surface area contributed by atoms with Gasteiger partial charge in [0, 0.05) is 18.8 Å². The Morgan fingerprint density at radius 2 is 2.19 bits per heavy atom. The van der Waals surface area contributed by atoms with E-state index in [1.807, 2.05) is 20.8 Å². The van der Waals surface area contributed by atoms with Crippen LogP contribution in [0.15, 0.2) is 18.5 Å². The van der Waals surface area contributed by atoms with E-state index in [-0.39, 0.29) is 17.7 Å². The first-order valence-electron chi connectivity index (χ1n) is 5.55. The minimum absolute atomic E-state index is 0.0195. The minimum atomic E-state index is -0.0831. The van der Waals surface area contributed by atoms with Gasteiger partial charge >= 0.3 is 0 Å². The van der Waals surface area contributed by atoms with Gasteiger partial charge in [-0.2, -0.15) is 0 Å². The van der Waals surface area contributed by atoms with E-state index in [1.54, 1.807) is 4.90 Å². The molecule has 1 atom stereocenters. The lowest BCUT2D eigenvalue weighted by Gasteiger charge is -2.27. The van der Waals surface area contributed by atoms with Crippen molar-refractivity contribution in [2.24, 2.45) is 0 Å². The van der Waals surface area contributed by atoms with Gasteiger partial charge in [0.1, 0.15) is 5.75 Å². The van der Waals surface area contributed by atoms with Crippen molar-refractivity contribution in [3.05, 3.63) is 24.0 Å². The van der Waals surface area contributed by atoms with Gasteiger partial charge in [-0.3, -0.25) is 9.78 Å². The molecule has 1 rings (SSSR count). The van der Waals surface area contributed by atoms with Gasteiger partial charge < -0.3 is 10.0 Å². The Morgan fingerprint density at radius 1 is 1.50 bits per heavy atom. The standard InChI is InChI=1S/C12H18N2O2/c1-4-9(3)14(5-2)12(16)10-6-11(15)8-13-7-10/h6-9,15H,4-5H2,1-3H3. The van der Waals surface area contributed by atoms with Crippen LogP contribution in [-0.4, -0.2) is 33.5 Å². The number of rotatable bonds is 4. The summed E-state index contributed by atoms with van der Waals surface area (Å²) in [5.74, 6) is -0.0636. The smallest absolute Gasteiger partial charge is 0.255 e. The van der Waals surface area contributed by atoms with Gasteiger partial charge in [-0.1, -0.05) is 6.92 Å². The third-order valence-electron chi connectivity index (χ3n) is 2.70. The third-order valence-corrected chi connectivity index (χ3v) is 2.70. The molecule has 0 aromatic carbocycles. The Kier molecular flexibility index (Phi) is 4.28. The van der Waals surface area contributed by atoms with Gasteiger partial charge in [0.15, 0.2) is 0 Å². The van der Waals surface area contributed by atoms with Crippen LogP contribution in [0.2, 0.25) is 0 Å². The molecule has 1 aromatic heterocycles. The number of pyridine rings is 1. The molecule has 1 amide bonds. The number of carbonyl (C=O) groups excluding carboxylic acids is 1. The van der Waals surface area contributed by atoms with Crippen LogP contribution >= 0.6 is 0 Å². The van der Waals surface area contributed by atoms with Gasteiger partial charge in [0.25, 0.3) is 5.91 Å². The Morgan fingerprint density at radius 3 is 2.69 bits per heavy atom. The van der Waals surface area contributed by atoms with Gasteiger partial charge in [0.2, 0.25) is 0 Å². The number of hydrogen-bond acceptors (Lipinski definition) is 3. The molecular formula is C12H18N2O2. The molecule has 1 N–H and O–H groups in total. The van der Waals surface area contributed by atoms with Crippen molar-refractivity contribution in [3.8, 4) is 5.75 Å². The van der Waals surface area contributed by atoms with Gasteiger partial charge in [-0.05, 0) is 26.3 Å². The molecule has 88 valence electrons. The fourth-order valence-electron chi connectivity index (χ4n) is 1.59. The summed E-state index contributed by atoms with van der Waals surface area (Å²) in [5, 5.41) is 9.28. The van der Waals surface area contributed by atoms with Crippen LogP contribution in [0, 0.1) is 0 Å². The third kappa shape index (κ3) is 2.72. The predicted octanol–water partition coefficient (Wildman–Crippen LogP) is 2.05. The largest absolute Gasteiger partial charge is 0.506 e. The van der Waals surface area contributed by atoms with Crippen molar-refractivity contribution in [3.63, 3.8) is 0 Å². The maximum atomic E-state index is 12.1. The van der Waals surface area contributed by atoms with Crippen LogP contribution < -0.4 is 0 Å². The highest BCUT2D eigenvalue weighted by atomic mass is 16.3. The summed E-state index contributed by atoms with van der Waals surface area (Å²) < 4.78 is 0. The van der Waals surface area contributed by atoms with Crippen molar-refractivity contribution < 1.29 is 9.90 Å². The zero-order valence-electron chi connectivity index (χ0n) is 9.97. The molecule has 1 unspecified atom stereocenters. The molecule has 0 aliphatic heterocycles. The average Bonchev–Trinajstić information content (AvgIpc) is 2.29. The van der Waals surface area contributed by atoms with E-state index in [0.29, 0.717) is 12.1 Å². The van der Waals surface area contributed by atoms with Crippen molar-refractivity contribution in [2.75, 3.05) is 6.54 Å². The monoisotopic (exact) mass is 222 g/mol. The Balaban J connectivity index is 2.91. The van der Waals surface area contributed by atoms with Crippen molar-refractivity contribution >= 4 is 5.91 Å². The lowest BCUT2D eigenvalue weighted by atomic mass is 10.1. The summed E-state index contributed by atoms with van der Waals surface area (Å²) in [4.78, 5) is 17.7. The fraction of sp³-hybridized carbons (Fsp3) is 0.500. The SMILES string of the molecule is CCC(C)N(CC)C(=O)c1cncc(O)c1. The molecule has 4 nitrogen and oxygen atoms in total. The molecule has 0 aliphatic carbocycles. The maximum absolute atomic E-state index is 12.1. The number of nitrogens with zero attached hydrogens (tertiary/aromatic N) is 2. The molecule has 0 bridgehead atoms. The van der Waals surface area contributed by atoms with Crippen LogP contribution in [-0.2, 0) is 0 Å². The van der Waals surface area contributed by atoms with Crippen molar-refractivity contribution in [1.29, 1.82) is 0 Å². The van der Waals surface area contributed by atoms with E-state index in [4.69, 9.17) is 0 Å². The quantitative estimate of drug-likeness (QED) is 0.848. The van der Waals surface area contributed by atoms with Gasteiger partial charge in [0.05, 0.1) is 11.8 Å². The van der Waals surface area contributed by atoms with Gasteiger partial charge in [-0.25, -0.2) is 0 Å². The summed E-state index contributed by atoms with van der Waals surface area (Å²) >= 11 is 0. The van der Waals surface area contributed by atoms with Crippen LogP contribution in [0.4, 0.5) is 0 Å². The molecular weight excluding hydrogens is 204 g/mol. The van der Waals surface area contributed by atoms with E-state index in [0.717, 1.165) is 6.42 Å². The predicted molar refractivity (Wildman–Crippen MR) is 62.4 cm³/mol. The van der Waals surface area contributed by atoms with E-state index in [9.17, 15) is 9.90 Å². The van der Waals surface area contributed by atoms with Crippen molar-refractivity contribution in [2.45, 2.75) is 33.2 Å². The summed E-state index contributed by atoms with van der Waals surface area (Å²) in [6.45, 7) is 6.66. The zero-order valence-corrected chi connectivity index (χ0v) is 9.97. The number of aromatic hydroxyl groups is 1. The molecule has 4 heteroatoms. The summed E-state index contributed by atoms with van der Waals surface area (Å²) in [7, 11) is 0. The van der Waals surface area contributed by atoms with Crippen LogP contribution in [0.1, 0.15) is 37.6 Å². The topological polar surface area (TPSA) is 53.4 Å². The first-order valence-corrected chi connectivity index (χ1v) is 5.55. The van der Waals surface area contributed by atoms with E-state index < -0.39 is 0 Å². The highest BCUT2D eigenvalue weighted by molar-refractivity contribution is 5.94. The van der Waals surface area contributed by atoms with Gasteiger partial charge in [-0.15, -0.1) is 0 Å². The number of hydrogen-bond donors (Lipinski definition) is 1. The molecule has 0 radical (unpaired) electrons. The molecule has 0 saturated heterocycles. The molecule has 0 saturated carbocycles. The number of aromatic nitrogens is 1. The first-order chi connectivity index (χ1) is 7.60. The molecule has 0 fully saturated rings. The minimum Gasteiger partial charge on any atom is -0.506 e. The van der Waals surface area contributed by atoms with Crippen LogP contribution in [0.5, 0.6) is 5.75 Å². The highest BCUT2D eigenvalue weighted by Gasteiger charge is 2.19. The Hall–Kier alpha value is -1.58. The molecule has 16 heavy (non-hydrogen) atoms. The lowest BCUT2D eigenvalue weighted by Crippen LogP contribution is -2.38. The summed E-state index contributed by atoms with van der Waals surface area (Å²) in [5.41, 5.74) is 0.433.